The molecule has 0 bridgehead atoms. The number of carbonyl (C=O) groups is 1. The fourth-order valence-electron chi connectivity index (χ4n) is 3.84. The zero-order chi connectivity index (χ0) is 20.5. The highest BCUT2D eigenvalue weighted by Gasteiger charge is 2.44. The van der Waals surface area contributed by atoms with Crippen molar-refractivity contribution < 1.29 is 14.3 Å². The van der Waals surface area contributed by atoms with Gasteiger partial charge in [0.05, 0.1) is 26.0 Å². The number of anilines is 1. The van der Waals surface area contributed by atoms with E-state index in [1.807, 2.05) is 30.3 Å². The summed E-state index contributed by atoms with van der Waals surface area (Å²) >= 11 is 0. The molecule has 0 saturated heterocycles. The molecule has 3 heterocycles. The number of nitrogens with one attached hydrogen (secondary N) is 1. The lowest BCUT2D eigenvalue weighted by Gasteiger charge is -2.27. The fraction of sp³-hybridized carbons (Fsp3) is 0.318. The van der Waals surface area contributed by atoms with Crippen molar-refractivity contribution in [1.29, 1.82) is 0 Å². The van der Waals surface area contributed by atoms with Crippen molar-refractivity contribution in [2.24, 2.45) is 5.92 Å². The molecule has 150 valence electrons. The first kappa shape index (κ1) is 19.0. The number of aromatic nitrogens is 3. The molecule has 0 saturated carbocycles. The van der Waals surface area contributed by atoms with Gasteiger partial charge in [0.2, 0.25) is 0 Å². The third-order valence-corrected chi connectivity index (χ3v) is 5.12. The van der Waals surface area contributed by atoms with E-state index in [2.05, 4.69) is 29.0 Å². The van der Waals surface area contributed by atoms with E-state index < -0.39 is 0 Å². The van der Waals surface area contributed by atoms with Crippen molar-refractivity contribution in [2.75, 3.05) is 19.1 Å². The number of fused-ring (bicyclic) bond motifs is 1. The lowest BCUT2D eigenvalue weighted by atomic mass is 9.95. The van der Waals surface area contributed by atoms with Crippen molar-refractivity contribution in [2.45, 2.75) is 26.3 Å². The van der Waals surface area contributed by atoms with Gasteiger partial charge in [0.1, 0.15) is 17.2 Å². The summed E-state index contributed by atoms with van der Waals surface area (Å²) in [6, 6.07) is 8.90. The molecule has 0 aliphatic carbocycles. The molecule has 1 atom stereocenters. The van der Waals surface area contributed by atoms with Crippen LogP contribution in [-0.4, -0.2) is 35.3 Å². The highest BCUT2D eigenvalue weighted by molar-refractivity contribution is 6.10. The molecule has 0 radical (unpaired) electrons. The van der Waals surface area contributed by atoms with Crippen LogP contribution in [0.1, 0.15) is 47.2 Å². The monoisotopic (exact) mass is 392 g/mol. The molecule has 29 heavy (non-hydrogen) atoms. The van der Waals surface area contributed by atoms with Crippen LogP contribution in [0.25, 0.3) is 0 Å². The summed E-state index contributed by atoms with van der Waals surface area (Å²) < 4.78 is 10.9. The van der Waals surface area contributed by atoms with E-state index in [1.54, 1.807) is 31.5 Å². The molecular weight excluding hydrogens is 368 g/mol. The molecule has 1 amide bonds. The average molecular weight is 392 g/mol. The summed E-state index contributed by atoms with van der Waals surface area (Å²) in [7, 11) is 3.24. The van der Waals surface area contributed by atoms with Crippen LogP contribution in [0.15, 0.2) is 42.7 Å². The zero-order valence-corrected chi connectivity index (χ0v) is 17.0. The number of amides is 1. The van der Waals surface area contributed by atoms with Crippen LogP contribution in [0.2, 0.25) is 0 Å². The Morgan fingerprint density at radius 3 is 2.55 bits per heavy atom. The van der Waals surface area contributed by atoms with Gasteiger partial charge in [-0.15, -0.1) is 0 Å². The van der Waals surface area contributed by atoms with Crippen LogP contribution in [0.4, 0.5) is 5.69 Å². The molecule has 7 heteroatoms. The third-order valence-electron chi connectivity index (χ3n) is 5.12. The Morgan fingerprint density at radius 1 is 1.14 bits per heavy atom. The fourth-order valence-corrected chi connectivity index (χ4v) is 3.84. The summed E-state index contributed by atoms with van der Waals surface area (Å²) in [6.45, 7) is 4.28. The highest BCUT2D eigenvalue weighted by Crippen LogP contribution is 2.45. The first-order valence-corrected chi connectivity index (χ1v) is 9.57. The van der Waals surface area contributed by atoms with E-state index in [0.717, 1.165) is 34.7 Å². The molecule has 1 aromatic carbocycles. The lowest BCUT2D eigenvalue weighted by molar-refractivity contribution is 0.0988. The second kappa shape index (κ2) is 7.58. The van der Waals surface area contributed by atoms with E-state index in [0.29, 0.717) is 17.4 Å². The number of benzene rings is 1. The van der Waals surface area contributed by atoms with Crippen molar-refractivity contribution in [3.63, 3.8) is 0 Å². The Bertz CT molecular complexity index is 1030. The summed E-state index contributed by atoms with van der Waals surface area (Å²) in [5.74, 6) is 1.70. The second-order valence-corrected chi connectivity index (χ2v) is 7.45. The van der Waals surface area contributed by atoms with E-state index in [4.69, 9.17) is 9.47 Å². The van der Waals surface area contributed by atoms with Crippen LogP contribution in [0.5, 0.6) is 11.5 Å². The Labute approximate surface area is 169 Å². The minimum Gasteiger partial charge on any atom is -0.497 e. The van der Waals surface area contributed by atoms with E-state index in [1.165, 1.54) is 0 Å². The van der Waals surface area contributed by atoms with Crippen LogP contribution in [0, 0.1) is 5.92 Å². The normalized spacial score (nSPS) is 15.7. The number of H-pyrrole nitrogens is 1. The molecule has 1 aliphatic heterocycles. The van der Waals surface area contributed by atoms with Crippen molar-refractivity contribution >= 4 is 11.6 Å². The average Bonchev–Trinajstić information content (AvgIpc) is 3.26. The van der Waals surface area contributed by atoms with Gasteiger partial charge in [-0.2, -0.15) is 5.10 Å². The molecule has 1 unspecified atom stereocenters. The van der Waals surface area contributed by atoms with E-state index >= 15 is 0 Å². The number of ether oxygens (including phenoxy) is 2. The van der Waals surface area contributed by atoms with E-state index in [9.17, 15) is 4.79 Å². The van der Waals surface area contributed by atoms with Gasteiger partial charge >= 0.3 is 0 Å². The number of nitrogens with zero attached hydrogens (tertiary/aromatic N) is 3. The summed E-state index contributed by atoms with van der Waals surface area (Å²) in [4.78, 5) is 19.5. The largest absolute Gasteiger partial charge is 0.497 e. The van der Waals surface area contributed by atoms with Crippen LogP contribution >= 0.6 is 0 Å². The van der Waals surface area contributed by atoms with E-state index in [-0.39, 0.29) is 11.9 Å². The van der Waals surface area contributed by atoms with Gasteiger partial charge in [-0.3, -0.25) is 19.8 Å². The smallest absolute Gasteiger partial charge is 0.277 e. The number of pyridine rings is 1. The molecular formula is C22H24N4O3. The predicted octanol–water partition coefficient (Wildman–Crippen LogP) is 3.77. The number of aromatic amines is 1. The van der Waals surface area contributed by atoms with Crippen LogP contribution in [-0.2, 0) is 6.42 Å². The molecule has 0 fully saturated rings. The SMILES string of the molecule is COc1ccc(N2C(=O)c3[nH]nc(CC(C)C)c3C2c2cnccc2OC)cc1. The minimum absolute atomic E-state index is 0.122. The van der Waals surface area contributed by atoms with Crippen LogP contribution in [0.3, 0.4) is 0 Å². The second-order valence-electron chi connectivity index (χ2n) is 7.45. The van der Waals surface area contributed by atoms with Gasteiger partial charge in [0.15, 0.2) is 0 Å². The first-order chi connectivity index (χ1) is 14.0. The molecule has 7 nitrogen and oxygen atoms in total. The molecule has 1 N–H and O–H groups in total. The Hall–Kier alpha value is -3.35. The number of carbonyl (C=O) groups excluding carboxylic acids is 1. The number of rotatable bonds is 6. The van der Waals surface area contributed by atoms with Gasteiger partial charge in [-0.25, -0.2) is 0 Å². The molecule has 1 aliphatic rings. The molecule has 0 spiro atoms. The quantitative estimate of drug-likeness (QED) is 0.691. The molecule has 3 aromatic rings. The standard InChI is InChI=1S/C22H24N4O3/c1-13(2)11-17-19-20(25-24-17)22(27)26(14-5-7-15(28-3)8-6-14)21(19)16-12-23-10-9-18(16)29-4/h5-10,12-13,21H,11H2,1-4H3,(H,24,25). The van der Waals surface area contributed by atoms with Gasteiger partial charge in [-0.1, -0.05) is 13.8 Å². The third kappa shape index (κ3) is 3.22. The van der Waals surface area contributed by atoms with Crippen molar-refractivity contribution in [3.05, 3.63) is 65.2 Å². The maximum Gasteiger partial charge on any atom is 0.277 e. The van der Waals surface area contributed by atoms with Gasteiger partial charge in [0.25, 0.3) is 5.91 Å². The number of hydrogen-bond donors (Lipinski definition) is 1. The summed E-state index contributed by atoms with van der Waals surface area (Å²) in [5.41, 5.74) is 3.91. The van der Waals surface area contributed by atoms with Crippen LogP contribution < -0.4 is 14.4 Å². The molecule has 4 rings (SSSR count). The summed E-state index contributed by atoms with van der Waals surface area (Å²) in [6.07, 6.45) is 4.21. The van der Waals surface area contributed by atoms with Gasteiger partial charge in [0, 0.05) is 29.2 Å². The number of hydrogen-bond acceptors (Lipinski definition) is 5. The lowest BCUT2D eigenvalue weighted by Crippen LogP contribution is -2.29. The Kier molecular flexibility index (Phi) is 4.96. The predicted molar refractivity (Wildman–Crippen MR) is 110 cm³/mol. The molecule has 2 aromatic heterocycles. The maximum atomic E-state index is 13.4. The Balaban J connectivity index is 1.90. The summed E-state index contributed by atoms with van der Waals surface area (Å²) in [5, 5.41) is 7.44. The Morgan fingerprint density at radius 2 is 1.90 bits per heavy atom. The zero-order valence-electron chi connectivity index (χ0n) is 17.0. The number of methoxy groups -OCH3 is 2. The van der Waals surface area contributed by atoms with Crippen molar-refractivity contribution in [1.82, 2.24) is 15.2 Å². The van der Waals surface area contributed by atoms with Gasteiger partial charge < -0.3 is 9.47 Å². The maximum absolute atomic E-state index is 13.4. The van der Waals surface area contributed by atoms with Gasteiger partial charge in [-0.05, 0) is 42.7 Å². The first-order valence-electron chi connectivity index (χ1n) is 9.57. The minimum atomic E-state index is -0.373. The topological polar surface area (TPSA) is 80.3 Å². The van der Waals surface area contributed by atoms with Crippen molar-refractivity contribution in [3.8, 4) is 11.5 Å². The highest BCUT2D eigenvalue weighted by atomic mass is 16.5.